The number of phenols is 1. The van der Waals surface area contributed by atoms with Crippen molar-refractivity contribution < 1.29 is 24.5 Å². The number of ether oxygens (including phenoxy) is 1. The fourth-order valence-electron chi connectivity index (χ4n) is 3.46. The Hall–Kier alpha value is -2.53. The first-order valence-corrected chi connectivity index (χ1v) is 11.2. The van der Waals surface area contributed by atoms with Crippen LogP contribution >= 0.6 is 11.6 Å². The first-order valence-electron chi connectivity index (χ1n) is 10.8. The Kier molecular flexibility index (Phi) is 9.86. The Morgan fingerprint density at radius 3 is 2.48 bits per heavy atom. The quantitative estimate of drug-likeness (QED) is 0.357. The summed E-state index contributed by atoms with van der Waals surface area (Å²) >= 11 is 6.26. The fraction of sp³-hybridized carbons (Fsp3) is 0.440. The second kappa shape index (κ2) is 12.4. The number of halogens is 1. The van der Waals surface area contributed by atoms with Gasteiger partial charge in [0.05, 0.1) is 12.2 Å². The molecule has 0 amide bonds. The zero-order valence-corrected chi connectivity index (χ0v) is 19.0. The van der Waals surface area contributed by atoms with E-state index >= 15 is 0 Å². The Labute approximate surface area is 189 Å². The number of rotatable bonds is 13. The summed E-state index contributed by atoms with van der Waals surface area (Å²) in [5, 5.41) is 21.9. The molecule has 0 aromatic heterocycles. The molecule has 0 heterocycles. The van der Waals surface area contributed by atoms with Crippen LogP contribution in [0.4, 0.5) is 0 Å². The van der Waals surface area contributed by atoms with E-state index in [1.165, 1.54) is 0 Å². The summed E-state index contributed by atoms with van der Waals surface area (Å²) in [5.41, 5.74) is 2.57. The van der Waals surface area contributed by atoms with Gasteiger partial charge >= 0.3 is 0 Å². The van der Waals surface area contributed by atoms with Crippen molar-refractivity contribution in [1.29, 1.82) is 0 Å². The summed E-state index contributed by atoms with van der Waals surface area (Å²) in [6.07, 6.45) is 4.82. The number of aryl methyl sites for hydroxylation is 1. The predicted molar refractivity (Wildman–Crippen MR) is 120 cm³/mol. The number of aliphatic carboxylic acids is 1. The van der Waals surface area contributed by atoms with E-state index in [-0.39, 0.29) is 18.0 Å². The molecule has 1 N–H and O–H groups in total. The van der Waals surface area contributed by atoms with Crippen LogP contribution in [0.25, 0.3) is 0 Å². The van der Waals surface area contributed by atoms with E-state index < -0.39 is 5.97 Å². The first-order chi connectivity index (χ1) is 14.9. The number of carboxylic acid groups (broad SMARTS) is 1. The van der Waals surface area contributed by atoms with Crippen molar-refractivity contribution in [2.24, 2.45) is 0 Å². The van der Waals surface area contributed by atoms with Crippen LogP contribution in [0.1, 0.15) is 73.0 Å². The number of unbranched alkanes of at least 4 members (excludes halogenated alkanes) is 1. The molecule has 0 spiro atoms. The third-order valence-electron chi connectivity index (χ3n) is 5.11. The molecule has 0 fully saturated rings. The summed E-state index contributed by atoms with van der Waals surface area (Å²) < 4.78 is 5.92. The molecule has 2 aromatic carbocycles. The van der Waals surface area contributed by atoms with Crippen molar-refractivity contribution in [2.75, 3.05) is 6.61 Å². The van der Waals surface area contributed by atoms with Crippen LogP contribution in [-0.4, -0.2) is 23.5 Å². The second-order valence-corrected chi connectivity index (χ2v) is 8.05. The van der Waals surface area contributed by atoms with Crippen molar-refractivity contribution in [3.05, 3.63) is 57.6 Å². The Bertz CT molecular complexity index is 907. The highest BCUT2D eigenvalue weighted by molar-refractivity contribution is 6.31. The lowest BCUT2D eigenvalue weighted by Gasteiger charge is -2.15. The number of phenolic OH excluding ortho intramolecular Hbond substituents is 1. The lowest BCUT2D eigenvalue weighted by atomic mass is 9.98. The van der Waals surface area contributed by atoms with Crippen LogP contribution in [0.2, 0.25) is 5.02 Å². The molecule has 0 radical (unpaired) electrons. The van der Waals surface area contributed by atoms with Gasteiger partial charge in [0.1, 0.15) is 11.5 Å². The Balaban J connectivity index is 2.00. The van der Waals surface area contributed by atoms with Crippen molar-refractivity contribution in [2.45, 2.75) is 65.2 Å². The maximum atomic E-state index is 12.4. The third-order valence-corrected chi connectivity index (χ3v) is 5.46. The number of hydrogen-bond donors (Lipinski definition) is 1. The number of carbonyl (C=O) groups excluding carboxylic acids is 2. The van der Waals surface area contributed by atoms with Gasteiger partial charge in [-0.15, -0.1) is 0 Å². The van der Waals surface area contributed by atoms with E-state index in [0.29, 0.717) is 59.8 Å². The van der Waals surface area contributed by atoms with E-state index in [2.05, 4.69) is 0 Å². The van der Waals surface area contributed by atoms with Crippen LogP contribution < -0.4 is 9.84 Å². The van der Waals surface area contributed by atoms with Crippen molar-refractivity contribution in [3.63, 3.8) is 0 Å². The number of carboxylic acids is 1. The molecule has 2 aromatic rings. The molecular formula is C25H30ClO5-. The highest BCUT2D eigenvalue weighted by Gasteiger charge is 2.18. The summed E-state index contributed by atoms with van der Waals surface area (Å²) in [5.74, 6) is -0.546. The van der Waals surface area contributed by atoms with Gasteiger partial charge < -0.3 is 19.7 Å². The lowest BCUT2D eigenvalue weighted by molar-refractivity contribution is -0.304. The molecule has 0 aliphatic rings. The van der Waals surface area contributed by atoms with Crippen LogP contribution in [0, 0.1) is 0 Å². The number of Topliss-reactive ketones (excluding diaryl/α,β-unsaturated/α-hetero) is 1. The van der Waals surface area contributed by atoms with E-state index in [1.54, 1.807) is 24.3 Å². The molecule has 0 atom stereocenters. The third kappa shape index (κ3) is 7.28. The summed E-state index contributed by atoms with van der Waals surface area (Å²) in [7, 11) is 0. The van der Waals surface area contributed by atoms with Gasteiger partial charge in [0.25, 0.3) is 0 Å². The first kappa shape index (κ1) is 24.7. The van der Waals surface area contributed by atoms with Crippen molar-refractivity contribution >= 4 is 23.4 Å². The molecule has 0 aliphatic carbocycles. The molecule has 168 valence electrons. The standard InChI is InChI=1S/C25H31ClO5/c1-3-5-9-22(27)19-12-13-23(20(7-4-2)25(19)30)31-14-6-8-18-11-10-17(15-21(18)26)16-24(28)29/h10-13,15,30H,3-9,14,16H2,1-2H3,(H,28,29)/p-1. The van der Waals surface area contributed by atoms with Crippen molar-refractivity contribution in [3.8, 4) is 11.5 Å². The van der Waals surface area contributed by atoms with Crippen molar-refractivity contribution in [1.82, 2.24) is 0 Å². The number of hydrogen-bond acceptors (Lipinski definition) is 5. The molecule has 0 bridgehead atoms. The minimum absolute atomic E-state index is 0.0343. The maximum absolute atomic E-state index is 12.4. The summed E-state index contributed by atoms with van der Waals surface area (Å²) in [4.78, 5) is 23.1. The zero-order chi connectivity index (χ0) is 22.8. The van der Waals surface area contributed by atoms with Gasteiger partial charge in [-0.05, 0) is 55.0 Å². The van der Waals surface area contributed by atoms with Crippen LogP contribution in [-0.2, 0) is 24.1 Å². The minimum Gasteiger partial charge on any atom is -0.550 e. The van der Waals surface area contributed by atoms with Gasteiger partial charge in [0.15, 0.2) is 5.78 Å². The minimum atomic E-state index is -1.14. The van der Waals surface area contributed by atoms with E-state index in [9.17, 15) is 19.8 Å². The van der Waals surface area contributed by atoms with Crippen LogP contribution in [0.5, 0.6) is 11.5 Å². The molecule has 31 heavy (non-hydrogen) atoms. The SMILES string of the molecule is CCCCC(=O)c1ccc(OCCCc2ccc(CC(=O)[O-])cc2Cl)c(CCC)c1O. The number of ketones is 1. The number of carbonyl (C=O) groups is 2. The molecular weight excluding hydrogens is 416 g/mol. The van der Waals surface area contributed by atoms with Gasteiger partial charge in [-0.2, -0.15) is 0 Å². The van der Waals surface area contributed by atoms with Crippen LogP contribution in [0.3, 0.4) is 0 Å². The van der Waals surface area contributed by atoms with E-state index in [0.717, 1.165) is 24.8 Å². The maximum Gasteiger partial charge on any atom is 0.166 e. The average molecular weight is 446 g/mol. The van der Waals surface area contributed by atoms with Gasteiger partial charge in [0.2, 0.25) is 0 Å². The monoisotopic (exact) mass is 445 g/mol. The van der Waals surface area contributed by atoms with E-state index in [4.69, 9.17) is 16.3 Å². The summed E-state index contributed by atoms with van der Waals surface area (Å²) in [6.45, 7) is 4.47. The molecule has 2 rings (SSSR count). The average Bonchev–Trinajstić information content (AvgIpc) is 2.72. The highest BCUT2D eigenvalue weighted by atomic mass is 35.5. The molecule has 0 aliphatic heterocycles. The predicted octanol–water partition coefficient (Wildman–Crippen LogP) is 4.68. The van der Waals surface area contributed by atoms with Gasteiger partial charge in [-0.25, -0.2) is 0 Å². The van der Waals surface area contributed by atoms with Crippen LogP contribution in [0.15, 0.2) is 30.3 Å². The molecule has 0 unspecified atom stereocenters. The number of aromatic hydroxyl groups is 1. The normalized spacial score (nSPS) is 10.8. The molecule has 6 heteroatoms. The van der Waals surface area contributed by atoms with Gasteiger partial charge in [0, 0.05) is 29.4 Å². The largest absolute Gasteiger partial charge is 0.550 e. The number of benzene rings is 2. The van der Waals surface area contributed by atoms with E-state index in [1.807, 2.05) is 19.9 Å². The molecule has 0 saturated carbocycles. The Morgan fingerprint density at radius 2 is 1.84 bits per heavy atom. The smallest absolute Gasteiger partial charge is 0.166 e. The molecule has 0 saturated heterocycles. The van der Waals surface area contributed by atoms with Gasteiger partial charge in [-0.3, -0.25) is 4.79 Å². The van der Waals surface area contributed by atoms with Gasteiger partial charge in [-0.1, -0.05) is 50.4 Å². The lowest BCUT2D eigenvalue weighted by Crippen LogP contribution is -2.24. The highest BCUT2D eigenvalue weighted by Crippen LogP contribution is 2.34. The topological polar surface area (TPSA) is 86.7 Å². The fourth-order valence-corrected chi connectivity index (χ4v) is 3.75. The summed E-state index contributed by atoms with van der Waals surface area (Å²) in [6, 6.07) is 8.63. The zero-order valence-electron chi connectivity index (χ0n) is 18.2. The molecule has 5 nitrogen and oxygen atoms in total. The Morgan fingerprint density at radius 1 is 1.06 bits per heavy atom. The second-order valence-electron chi connectivity index (χ2n) is 7.64.